The second-order valence-electron chi connectivity index (χ2n) is 5.12. The minimum Gasteiger partial charge on any atom is -0.468 e. The van der Waals surface area contributed by atoms with Crippen LogP contribution in [0.1, 0.15) is 35.6 Å². The summed E-state index contributed by atoms with van der Waals surface area (Å²) in [6, 6.07) is 6.10. The lowest BCUT2D eigenvalue weighted by molar-refractivity contribution is -0.146. The van der Waals surface area contributed by atoms with Gasteiger partial charge in [-0.3, -0.25) is 4.90 Å². The van der Waals surface area contributed by atoms with Crippen molar-refractivity contribution in [2.45, 2.75) is 31.7 Å². The molecule has 1 aliphatic carbocycles. The number of carbonyl (C=O) groups is 1. The molecule has 1 aromatic rings. The number of carbonyl (C=O) groups excluding carboxylic acids is 1. The third kappa shape index (κ3) is 2.56. The maximum absolute atomic E-state index is 11.9. The third-order valence-corrected chi connectivity index (χ3v) is 3.63. The lowest BCUT2D eigenvalue weighted by atomic mass is 9.89. The topological polar surface area (TPSA) is 29.5 Å². The van der Waals surface area contributed by atoms with Crippen LogP contribution in [0.4, 0.5) is 0 Å². The van der Waals surface area contributed by atoms with Gasteiger partial charge in [-0.2, -0.15) is 0 Å². The van der Waals surface area contributed by atoms with Gasteiger partial charge < -0.3 is 4.74 Å². The molecule has 1 aromatic carbocycles. The summed E-state index contributed by atoms with van der Waals surface area (Å²) >= 11 is 0. The van der Waals surface area contributed by atoms with E-state index >= 15 is 0 Å². The van der Waals surface area contributed by atoms with Gasteiger partial charge in [-0.25, -0.2) is 4.79 Å². The molecule has 1 aliphatic rings. The summed E-state index contributed by atoms with van der Waals surface area (Å²) in [5.41, 5.74) is 3.87. The number of aryl methyl sites for hydroxylation is 2. The number of nitrogens with zero attached hydrogens (tertiary/aromatic N) is 1. The fraction of sp³-hybridized carbons (Fsp3) is 0.533. The second-order valence-corrected chi connectivity index (χ2v) is 5.12. The van der Waals surface area contributed by atoms with E-state index in [-0.39, 0.29) is 12.0 Å². The number of methoxy groups -OCH3 is 1. The summed E-state index contributed by atoms with van der Waals surface area (Å²) in [7, 11) is 5.25. The normalized spacial score (nSPS) is 16.2. The molecule has 0 N–H and O–H groups in total. The summed E-state index contributed by atoms with van der Waals surface area (Å²) in [5, 5.41) is 0. The van der Waals surface area contributed by atoms with Crippen molar-refractivity contribution >= 4 is 5.97 Å². The Hall–Kier alpha value is -1.35. The van der Waals surface area contributed by atoms with Crippen molar-refractivity contribution < 1.29 is 9.53 Å². The van der Waals surface area contributed by atoms with Crippen LogP contribution in [0.15, 0.2) is 18.2 Å². The van der Waals surface area contributed by atoms with Crippen LogP contribution in [-0.2, 0) is 22.4 Å². The van der Waals surface area contributed by atoms with Crippen molar-refractivity contribution in [3.05, 3.63) is 34.9 Å². The minimum absolute atomic E-state index is 0.198. The van der Waals surface area contributed by atoms with Crippen LogP contribution in [0, 0.1) is 0 Å². The van der Waals surface area contributed by atoms with Crippen LogP contribution in [0.25, 0.3) is 0 Å². The lowest BCUT2D eigenvalue weighted by Crippen LogP contribution is -2.28. The second kappa shape index (κ2) is 5.53. The number of ether oxygens (including phenoxy) is 1. The Bertz CT molecular complexity index is 440. The van der Waals surface area contributed by atoms with Crippen LogP contribution in [0.2, 0.25) is 0 Å². The average molecular weight is 247 g/mol. The first-order chi connectivity index (χ1) is 8.63. The minimum atomic E-state index is -0.303. The van der Waals surface area contributed by atoms with Crippen LogP contribution in [0.5, 0.6) is 0 Å². The molecule has 2 rings (SSSR count). The number of rotatable bonds is 3. The summed E-state index contributed by atoms with van der Waals surface area (Å²) in [4.78, 5) is 13.8. The van der Waals surface area contributed by atoms with Gasteiger partial charge in [0.2, 0.25) is 0 Å². The van der Waals surface area contributed by atoms with E-state index in [2.05, 4.69) is 18.2 Å². The molecule has 3 nitrogen and oxygen atoms in total. The number of hydrogen-bond donors (Lipinski definition) is 0. The lowest BCUT2D eigenvalue weighted by Gasteiger charge is -2.24. The van der Waals surface area contributed by atoms with Gasteiger partial charge in [0.15, 0.2) is 0 Å². The molecule has 0 aromatic heterocycles. The van der Waals surface area contributed by atoms with Crippen molar-refractivity contribution in [3.8, 4) is 0 Å². The number of hydrogen-bond acceptors (Lipinski definition) is 3. The molecular weight excluding hydrogens is 226 g/mol. The standard InChI is InChI=1S/C15H21NO2/c1-16(2)14(15(17)18-3)13-9-8-11-6-4-5-7-12(11)10-13/h8-10,14H,4-7H2,1-3H3. The molecule has 0 saturated carbocycles. The molecule has 98 valence electrons. The molecule has 0 spiro atoms. The zero-order valence-electron chi connectivity index (χ0n) is 11.4. The monoisotopic (exact) mass is 247 g/mol. The Labute approximate surface area is 109 Å². The highest BCUT2D eigenvalue weighted by Crippen LogP contribution is 2.27. The SMILES string of the molecule is COC(=O)C(c1ccc2c(c1)CCCC2)N(C)C. The predicted octanol–water partition coefficient (Wildman–Crippen LogP) is 2.34. The van der Waals surface area contributed by atoms with E-state index in [1.807, 2.05) is 19.0 Å². The number of fused-ring (bicyclic) bond motifs is 1. The molecule has 18 heavy (non-hydrogen) atoms. The van der Waals surface area contributed by atoms with E-state index in [1.165, 1.54) is 37.5 Å². The van der Waals surface area contributed by atoms with E-state index in [4.69, 9.17) is 4.74 Å². The molecule has 0 heterocycles. The van der Waals surface area contributed by atoms with Gasteiger partial charge in [0.1, 0.15) is 6.04 Å². The van der Waals surface area contributed by atoms with Crippen LogP contribution in [-0.4, -0.2) is 32.1 Å². The first-order valence-corrected chi connectivity index (χ1v) is 6.49. The Morgan fingerprint density at radius 1 is 1.22 bits per heavy atom. The Balaban J connectivity index is 2.33. The molecule has 0 amide bonds. The quantitative estimate of drug-likeness (QED) is 0.768. The molecule has 0 saturated heterocycles. The van der Waals surface area contributed by atoms with Gasteiger partial charge in [-0.05, 0) is 56.5 Å². The first kappa shape index (κ1) is 13.1. The van der Waals surface area contributed by atoms with Crippen molar-refractivity contribution in [2.75, 3.05) is 21.2 Å². The molecule has 3 heteroatoms. The zero-order valence-corrected chi connectivity index (χ0v) is 11.4. The summed E-state index contributed by atoms with van der Waals surface area (Å²) in [6.45, 7) is 0. The largest absolute Gasteiger partial charge is 0.468 e. The smallest absolute Gasteiger partial charge is 0.327 e. The van der Waals surface area contributed by atoms with Crippen molar-refractivity contribution in [1.82, 2.24) is 4.90 Å². The summed E-state index contributed by atoms with van der Waals surface area (Å²) < 4.78 is 4.89. The maximum Gasteiger partial charge on any atom is 0.327 e. The highest BCUT2D eigenvalue weighted by Gasteiger charge is 2.24. The van der Waals surface area contributed by atoms with Crippen molar-refractivity contribution in [2.24, 2.45) is 0 Å². The van der Waals surface area contributed by atoms with E-state index in [0.717, 1.165) is 12.0 Å². The van der Waals surface area contributed by atoms with Gasteiger partial charge in [0.25, 0.3) is 0 Å². The third-order valence-electron chi connectivity index (χ3n) is 3.63. The number of esters is 1. The van der Waals surface area contributed by atoms with Crippen molar-refractivity contribution in [3.63, 3.8) is 0 Å². The highest BCUT2D eigenvalue weighted by molar-refractivity contribution is 5.77. The first-order valence-electron chi connectivity index (χ1n) is 6.49. The number of likely N-dealkylation sites (N-methyl/N-ethyl adjacent to an activating group) is 1. The summed E-state index contributed by atoms with van der Waals surface area (Å²) in [6.07, 6.45) is 4.83. The fourth-order valence-corrected chi connectivity index (χ4v) is 2.68. The Morgan fingerprint density at radius 2 is 1.89 bits per heavy atom. The van der Waals surface area contributed by atoms with E-state index in [9.17, 15) is 4.79 Å². The molecular formula is C15H21NO2. The summed E-state index contributed by atoms with van der Waals surface area (Å²) in [5.74, 6) is -0.198. The van der Waals surface area contributed by atoms with E-state index in [0.29, 0.717) is 0 Å². The Morgan fingerprint density at radius 3 is 2.50 bits per heavy atom. The fourth-order valence-electron chi connectivity index (χ4n) is 2.68. The van der Waals surface area contributed by atoms with Gasteiger partial charge in [-0.15, -0.1) is 0 Å². The molecule has 0 fully saturated rings. The van der Waals surface area contributed by atoms with E-state index < -0.39 is 0 Å². The van der Waals surface area contributed by atoms with Gasteiger partial charge >= 0.3 is 5.97 Å². The van der Waals surface area contributed by atoms with Crippen LogP contribution < -0.4 is 0 Å². The maximum atomic E-state index is 11.9. The molecule has 1 atom stereocenters. The molecule has 0 radical (unpaired) electrons. The average Bonchev–Trinajstić information content (AvgIpc) is 2.38. The van der Waals surface area contributed by atoms with Gasteiger partial charge in [-0.1, -0.05) is 18.2 Å². The van der Waals surface area contributed by atoms with Crippen LogP contribution >= 0.6 is 0 Å². The van der Waals surface area contributed by atoms with Gasteiger partial charge in [0, 0.05) is 0 Å². The molecule has 0 bridgehead atoms. The van der Waals surface area contributed by atoms with Gasteiger partial charge in [0.05, 0.1) is 7.11 Å². The highest BCUT2D eigenvalue weighted by atomic mass is 16.5. The zero-order chi connectivity index (χ0) is 13.1. The molecule has 0 aliphatic heterocycles. The van der Waals surface area contributed by atoms with E-state index in [1.54, 1.807) is 0 Å². The Kier molecular flexibility index (Phi) is 4.02. The number of benzene rings is 1. The van der Waals surface area contributed by atoms with Crippen LogP contribution in [0.3, 0.4) is 0 Å². The molecule has 1 unspecified atom stereocenters. The predicted molar refractivity (Wildman–Crippen MR) is 71.5 cm³/mol. The van der Waals surface area contributed by atoms with Crippen molar-refractivity contribution in [1.29, 1.82) is 0 Å².